The van der Waals surface area contributed by atoms with Gasteiger partial charge in [0.05, 0.1) is 39.6 Å². The molecule has 514 valence electrons. The summed E-state index contributed by atoms with van der Waals surface area (Å²) < 4.78 is 80.8. The molecular weight excluding hydrogens is 1270 g/mol. The number of ether oxygens (including phenoxy) is 14. The summed E-state index contributed by atoms with van der Waals surface area (Å²) in [6, 6.07) is 0. The van der Waals surface area contributed by atoms with Gasteiger partial charge in [-0.2, -0.15) is 0 Å². The summed E-state index contributed by atoms with van der Waals surface area (Å²) >= 11 is 0. The van der Waals surface area contributed by atoms with E-state index in [1.165, 1.54) is 12.2 Å². The Balaban J connectivity index is 0.00000166. The number of aliphatic hydroxyl groups is 20. The van der Waals surface area contributed by atoms with E-state index in [0.29, 0.717) is 0 Å². The first-order chi connectivity index (χ1) is 42.6. The van der Waals surface area contributed by atoms with Crippen LogP contribution in [0, 0.1) is 19.3 Å². The zero-order valence-corrected chi connectivity index (χ0v) is 48.4. The molecule has 23 rings (SSSR count). The molecular formula is C53H79FeNO35. The molecule has 0 aromatic heterocycles. The largest absolute Gasteiger partial charge is 2.00 e. The van der Waals surface area contributed by atoms with E-state index >= 15 is 0 Å². The summed E-state index contributed by atoms with van der Waals surface area (Å²) in [6.07, 6.45) is -54.9. The van der Waals surface area contributed by atoms with Crippen LogP contribution in [0.1, 0.15) is 0 Å². The quantitative estimate of drug-likeness (QED) is 0.0579. The van der Waals surface area contributed by atoms with Crippen molar-refractivity contribution in [1.29, 1.82) is 0 Å². The van der Waals surface area contributed by atoms with Crippen LogP contribution in [0.25, 0.3) is 0 Å². The Morgan fingerprint density at radius 1 is 0.333 bits per heavy atom. The summed E-state index contributed by atoms with van der Waals surface area (Å²) in [6.45, 7) is -6.97. The second kappa shape index (κ2) is 32.6. The molecule has 21 N–H and O–H groups in total. The van der Waals surface area contributed by atoms with Gasteiger partial charge < -0.3 is 179 Å². The third-order valence-electron chi connectivity index (χ3n) is 16.5. The Morgan fingerprint density at radius 2 is 0.556 bits per heavy atom. The van der Waals surface area contributed by atoms with Gasteiger partial charge in [-0.15, -0.1) is 12.8 Å². The third-order valence-corrected chi connectivity index (χ3v) is 16.5. The van der Waals surface area contributed by atoms with Crippen molar-refractivity contribution in [1.82, 2.24) is 5.32 Å². The molecule has 37 heteroatoms. The van der Waals surface area contributed by atoms with Crippen molar-refractivity contribution in [3.8, 4) is 0 Å². The molecule has 0 aromatic carbocycles. The van der Waals surface area contributed by atoms with E-state index in [1.807, 2.05) is 31.4 Å². The van der Waals surface area contributed by atoms with Crippen LogP contribution in [0.15, 0.2) is 47.9 Å². The molecule has 21 saturated heterocycles. The van der Waals surface area contributed by atoms with Gasteiger partial charge in [-0.3, -0.25) is 0 Å². The predicted molar refractivity (Wildman–Crippen MR) is 277 cm³/mol. The molecule has 0 unspecified atom stereocenters. The Morgan fingerprint density at radius 3 is 0.744 bits per heavy atom. The van der Waals surface area contributed by atoms with Gasteiger partial charge in [-0.25, -0.2) is 18.6 Å². The maximum absolute atomic E-state index is 13.2. The standard InChI is InChI=1S/C48H75NO35.C5H5.Fe/c50-6-14-35-22(58)29(65)44(73-14)81-37-16(8-52)75-46(31(67)24(37)60)83-39-18(10-54)77-48(33(69)26(39)62)84-40-19(11-55)76-47(32(68)25(40)61)82-38-17(9-53)74-45(30(66)23(38)59)80-36-15(7-51)72-43(28(64)21(36)57)78-34-13(71-42(79-35)27(63)20(34)56)5-49-41(70)12-3-1-2-4-12;1-2-4-5-3-1;/h1-4,13-40,42-70H,5-11H2;1-5H;/q;-1;+2/p-1/t13-,14-,15-,16-,17-,18-,19-,20-,21-,22-,23-,24-,25-,26-,27-,28-,29-,30-,31-,32-,33-,34-,35-,36-,37-,38-,39-,40-,42-,43-,44-,45-,46-,47-,48-;;/m1../s1. The molecule has 2 aliphatic carbocycles. The van der Waals surface area contributed by atoms with Crippen LogP contribution in [-0.4, -0.2) is 363 Å². The summed E-state index contributed by atoms with van der Waals surface area (Å²) in [7, 11) is 0. The van der Waals surface area contributed by atoms with Crippen LogP contribution >= 0.6 is 0 Å². The van der Waals surface area contributed by atoms with Crippen LogP contribution in [0.5, 0.6) is 0 Å². The average Bonchev–Trinajstić information content (AvgIpc) is 1.56. The zero-order valence-electron chi connectivity index (χ0n) is 47.3. The SMILES string of the molecule is [CH]1[CH][CH-]C=C1.[Fe+2].[O-]C(NC[C@H]1O[C@@H]2O[C@H]3[C@H](O)[C@@H](O)[C@@H](O[C@H]4[C@H](O)[C@@H](O)[C@@H](O[C@H]5[C@H](O)[C@@H](O)[C@@H](O[C@H]6[C@H](O)[C@@H](O)[C@@H](O[C@H]7[C@H](O)[C@@H](O)[C@@H](O[C@H]8[C@H](O)[C@@H](O)[C@@H](O[C@H]1[C@H](O)[C@H]2O)O[C@@H]8CO)O[C@@H]7CO)O[C@@H]6CO)O[C@@H]5CO)O[C@@H]4CO)O[C@@H]3CO)=C1C=CC=C1. The first-order valence-corrected chi connectivity index (χ1v) is 28.6. The molecule has 21 fully saturated rings. The Bertz CT molecular complexity index is 2320. The van der Waals surface area contributed by atoms with Crippen molar-refractivity contribution in [3.05, 3.63) is 67.2 Å². The molecule has 14 bridgehead atoms. The third kappa shape index (κ3) is 15.5. The maximum atomic E-state index is 13.2. The van der Waals surface area contributed by atoms with Gasteiger partial charge >= 0.3 is 17.1 Å². The summed E-state index contributed by atoms with van der Waals surface area (Å²) in [4.78, 5) is 0. The molecule has 0 spiro atoms. The Hall–Kier alpha value is -2.41. The molecule has 23 aliphatic rings. The summed E-state index contributed by atoms with van der Waals surface area (Å²) in [5, 5.41) is 239. The first-order valence-electron chi connectivity index (χ1n) is 28.6. The van der Waals surface area contributed by atoms with Crippen molar-refractivity contribution in [2.24, 2.45) is 0 Å². The number of hydrogen-bond donors (Lipinski definition) is 21. The smallest absolute Gasteiger partial charge is 0.860 e. The molecule has 0 aromatic rings. The van der Waals surface area contributed by atoms with Gasteiger partial charge in [0.15, 0.2) is 44.0 Å². The fraction of sp³-hybridized carbons (Fsp3) is 0.792. The van der Waals surface area contributed by atoms with Crippen molar-refractivity contribution >= 4 is 0 Å². The Labute approximate surface area is 522 Å². The maximum Gasteiger partial charge on any atom is 2.00 e. The fourth-order valence-electron chi connectivity index (χ4n) is 11.6. The topological polar surface area (TPSA) is 569 Å². The minimum absolute atomic E-state index is 0. The summed E-state index contributed by atoms with van der Waals surface area (Å²) in [5.74, 6) is -0.699. The molecule has 21 heterocycles. The van der Waals surface area contributed by atoms with Crippen molar-refractivity contribution in [3.63, 3.8) is 0 Å². The number of allylic oxidation sites excluding steroid dienone is 7. The van der Waals surface area contributed by atoms with Crippen LogP contribution in [0.2, 0.25) is 0 Å². The summed E-state index contributed by atoms with van der Waals surface area (Å²) in [5.41, 5.74) is 0.154. The van der Waals surface area contributed by atoms with E-state index in [0.717, 1.165) is 0 Å². The van der Waals surface area contributed by atoms with Gasteiger partial charge in [0.2, 0.25) is 0 Å². The van der Waals surface area contributed by atoms with Crippen molar-refractivity contribution < 1.29 is 191 Å². The van der Waals surface area contributed by atoms with E-state index in [9.17, 15) is 107 Å². The van der Waals surface area contributed by atoms with E-state index in [4.69, 9.17) is 66.3 Å². The van der Waals surface area contributed by atoms with Crippen molar-refractivity contribution in [2.75, 3.05) is 46.2 Å². The van der Waals surface area contributed by atoms with Gasteiger partial charge in [-0.05, 0) is 11.5 Å². The monoisotopic (exact) mass is 1350 g/mol. The first kappa shape index (κ1) is 73.4. The van der Waals surface area contributed by atoms with E-state index in [1.54, 1.807) is 12.2 Å². The number of aliphatic hydroxyl groups excluding tert-OH is 20. The molecule has 90 heavy (non-hydrogen) atoms. The normalized spacial score (nSPS) is 49.8. The van der Waals surface area contributed by atoms with Gasteiger partial charge in [0, 0.05) is 6.54 Å². The second-order valence-electron chi connectivity index (χ2n) is 22.3. The van der Waals surface area contributed by atoms with Crippen LogP contribution < -0.4 is 10.4 Å². The van der Waals surface area contributed by atoms with E-state index < -0.39 is 267 Å². The zero-order chi connectivity index (χ0) is 64.3. The molecule has 35 atom stereocenters. The molecule has 2 radical (unpaired) electrons. The van der Waals surface area contributed by atoms with Crippen molar-refractivity contribution in [2.45, 2.75) is 215 Å². The molecule has 21 aliphatic heterocycles. The average molecular weight is 1350 g/mol. The van der Waals surface area contributed by atoms with Gasteiger partial charge in [0.25, 0.3) is 0 Å². The fourth-order valence-corrected chi connectivity index (χ4v) is 11.6. The van der Waals surface area contributed by atoms with Gasteiger partial charge in [-0.1, -0.05) is 24.3 Å². The number of rotatable bonds is 9. The molecule has 0 amide bonds. The number of hydrogen-bond acceptors (Lipinski definition) is 36. The van der Waals surface area contributed by atoms with Crippen LogP contribution in [0.4, 0.5) is 0 Å². The number of nitrogens with one attached hydrogen (secondary N) is 1. The van der Waals surface area contributed by atoms with Gasteiger partial charge in [0.1, 0.15) is 171 Å². The molecule has 36 nitrogen and oxygen atoms in total. The van der Waals surface area contributed by atoms with Crippen LogP contribution in [-0.2, 0) is 83.4 Å². The second-order valence-corrected chi connectivity index (χ2v) is 22.3. The minimum atomic E-state index is -2.24. The minimum Gasteiger partial charge on any atom is -0.860 e. The van der Waals surface area contributed by atoms with Crippen LogP contribution in [0.3, 0.4) is 0 Å². The predicted octanol–water partition coefficient (Wildman–Crippen LogP) is -13.8. The Kier molecular flexibility index (Phi) is 26.5. The molecule has 0 saturated carbocycles. The van der Waals surface area contributed by atoms with E-state index in [-0.39, 0.29) is 22.6 Å². The van der Waals surface area contributed by atoms with E-state index in [2.05, 4.69) is 5.32 Å².